The summed E-state index contributed by atoms with van der Waals surface area (Å²) in [6, 6.07) is 34.4. The van der Waals surface area contributed by atoms with Crippen molar-refractivity contribution in [2.24, 2.45) is 0 Å². The number of aryl methyl sites for hydroxylation is 2. The molecule has 0 saturated heterocycles. The molecule has 1 heterocycles. The first-order valence-corrected chi connectivity index (χ1v) is 11.0. The first-order chi connectivity index (χ1) is 15.3. The van der Waals surface area contributed by atoms with E-state index in [-0.39, 0.29) is 0 Å². The second-order valence-corrected chi connectivity index (χ2v) is 7.84. The Labute approximate surface area is 183 Å². The van der Waals surface area contributed by atoms with E-state index in [1.807, 2.05) is 0 Å². The van der Waals surface area contributed by atoms with Gasteiger partial charge in [0.05, 0.1) is 16.7 Å². The van der Waals surface area contributed by atoms with E-state index in [0.29, 0.717) is 0 Å². The molecular formula is C29H26N2. The van der Waals surface area contributed by atoms with Gasteiger partial charge in [-0.1, -0.05) is 98.8 Å². The van der Waals surface area contributed by atoms with Crippen molar-refractivity contribution in [1.29, 1.82) is 0 Å². The molecule has 0 spiro atoms. The van der Waals surface area contributed by atoms with E-state index in [2.05, 4.69) is 115 Å². The van der Waals surface area contributed by atoms with Crippen LogP contribution in [0, 0.1) is 0 Å². The van der Waals surface area contributed by atoms with E-state index in [9.17, 15) is 0 Å². The van der Waals surface area contributed by atoms with Crippen molar-refractivity contribution < 1.29 is 0 Å². The molecule has 0 N–H and O–H groups in total. The van der Waals surface area contributed by atoms with Crippen LogP contribution < -0.4 is 0 Å². The van der Waals surface area contributed by atoms with E-state index < -0.39 is 0 Å². The molecule has 0 atom stereocenters. The number of para-hydroxylation sites is 1. The van der Waals surface area contributed by atoms with E-state index in [1.54, 1.807) is 0 Å². The summed E-state index contributed by atoms with van der Waals surface area (Å²) in [7, 11) is 0. The molecule has 0 amide bonds. The molecule has 4 aromatic carbocycles. The Balaban J connectivity index is 1.83. The van der Waals surface area contributed by atoms with Crippen molar-refractivity contribution in [2.45, 2.75) is 26.7 Å². The maximum Gasteiger partial charge on any atom is 0.145 e. The van der Waals surface area contributed by atoms with Crippen LogP contribution in [0.3, 0.4) is 0 Å². The minimum absolute atomic E-state index is 0.985. The van der Waals surface area contributed by atoms with Gasteiger partial charge in [-0.15, -0.1) is 0 Å². The molecule has 2 heteroatoms. The zero-order valence-electron chi connectivity index (χ0n) is 18.0. The summed E-state index contributed by atoms with van der Waals surface area (Å²) in [4.78, 5) is 5.16. The summed E-state index contributed by atoms with van der Waals surface area (Å²) in [6.07, 6.45) is 1.97. The smallest absolute Gasteiger partial charge is 0.145 e. The molecule has 152 valence electrons. The van der Waals surface area contributed by atoms with Crippen molar-refractivity contribution in [3.63, 3.8) is 0 Å². The van der Waals surface area contributed by atoms with Gasteiger partial charge in [0.1, 0.15) is 5.82 Å². The summed E-state index contributed by atoms with van der Waals surface area (Å²) in [6.45, 7) is 4.46. The fraction of sp³-hybridized carbons (Fsp3) is 0.138. The fourth-order valence-corrected chi connectivity index (χ4v) is 4.40. The van der Waals surface area contributed by atoms with Crippen LogP contribution in [-0.2, 0) is 12.8 Å². The third kappa shape index (κ3) is 3.44. The van der Waals surface area contributed by atoms with Crippen LogP contribution in [0.4, 0.5) is 0 Å². The molecule has 31 heavy (non-hydrogen) atoms. The first kappa shape index (κ1) is 19.3. The molecule has 0 bridgehead atoms. The lowest BCUT2D eigenvalue weighted by Crippen LogP contribution is -2.05. The third-order valence-electron chi connectivity index (χ3n) is 5.98. The number of hydrogen-bond acceptors (Lipinski definition) is 1. The predicted octanol–water partition coefficient (Wildman–Crippen LogP) is 7.48. The van der Waals surface area contributed by atoms with Gasteiger partial charge in [-0.3, -0.25) is 4.57 Å². The Morgan fingerprint density at radius 3 is 1.84 bits per heavy atom. The Bertz CT molecular complexity index is 1310. The topological polar surface area (TPSA) is 17.8 Å². The van der Waals surface area contributed by atoms with E-state index in [1.165, 1.54) is 27.9 Å². The van der Waals surface area contributed by atoms with Gasteiger partial charge in [0.2, 0.25) is 0 Å². The van der Waals surface area contributed by atoms with Gasteiger partial charge in [0.15, 0.2) is 0 Å². The molecule has 0 aliphatic carbocycles. The van der Waals surface area contributed by atoms with Crippen LogP contribution in [-0.4, -0.2) is 9.55 Å². The number of benzene rings is 4. The molecule has 5 aromatic rings. The quantitative estimate of drug-likeness (QED) is 0.298. The summed E-state index contributed by atoms with van der Waals surface area (Å²) >= 11 is 0. The van der Waals surface area contributed by atoms with Gasteiger partial charge < -0.3 is 0 Å². The van der Waals surface area contributed by atoms with Gasteiger partial charge in [0.25, 0.3) is 0 Å². The maximum absolute atomic E-state index is 5.16. The Kier molecular flexibility index (Phi) is 5.13. The lowest BCUT2D eigenvalue weighted by atomic mass is 10.0. The van der Waals surface area contributed by atoms with Crippen molar-refractivity contribution in [3.8, 4) is 28.2 Å². The highest BCUT2D eigenvalue weighted by atomic mass is 15.1. The second-order valence-electron chi connectivity index (χ2n) is 7.84. The Morgan fingerprint density at radius 1 is 0.613 bits per heavy atom. The average Bonchev–Trinajstić information content (AvgIpc) is 3.23. The lowest BCUT2D eigenvalue weighted by Gasteiger charge is -2.18. The zero-order valence-corrected chi connectivity index (χ0v) is 18.0. The highest BCUT2D eigenvalue weighted by Crippen LogP contribution is 2.34. The van der Waals surface area contributed by atoms with E-state index in [4.69, 9.17) is 4.98 Å². The number of imidazole rings is 1. The van der Waals surface area contributed by atoms with Gasteiger partial charge >= 0.3 is 0 Å². The van der Waals surface area contributed by atoms with Gasteiger partial charge in [0, 0.05) is 5.56 Å². The number of aromatic nitrogens is 2. The van der Waals surface area contributed by atoms with Crippen LogP contribution in [0.1, 0.15) is 25.0 Å². The highest BCUT2D eigenvalue weighted by molar-refractivity contribution is 5.88. The average molecular weight is 403 g/mol. The molecule has 1 aromatic heterocycles. The monoisotopic (exact) mass is 402 g/mol. The van der Waals surface area contributed by atoms with Crippen molar-refractivity contribution in [1.82, 2.24) is 9.55 Å². The molecule has 0 saturated carbocycles. The number of fused-ring (bicyclic) bond motifs is 1. The van der Waals surface area contributed by atoms with Gasteiger partial charge in [-0.25, -0.2) is 4.98 Å². The van der Waals surface area contributed by atoms with Crippen LogP contribution in [0.2, 0.25) is 0 Å². The fourth-order valence-electron chi connectivity index (χ4n) is 4.40. The number of rotatable bonds is 5. The molecular weight excluding hydrogens is 376 g/mol. The number of hydrogen-bond donors (Lipinski definition) is 0. The van der Waals surface area contributed by atoms with Crippen LogP contribution >= 0.6 is 0 Å². The molecule has 0 fully saturated rings. The molecule has 2 nitrogen and oxygen atoms in total. The van der Waals surface area contributed by atoms with Crippen LogP contribution in [0.15, 0.2) is 97.1 Å². The third-order valence-corrected chi connectivity index (χ3v) is 5.98. The second kappa shape index (κ2) is 8.23. The van der Waals surface area contributed by atoms with Crippen LogP contribution in [0.25, 0.3) is 39.2 Å². The van der Waals surface area contributed by atoms with E-state index >= 15 is 0 Å². The van der Waals surface area contributed by atoms with Crippen LogP contribution in [0.5, 0.6) is 0 Å². The standard InChI is InChI=1S/C29H26N2/c1-3-21-16-11-17-22(4-2)28(21)31-27-19-18-25(23-12-7-5-8-13-23)20-26(27)30-29(31)24-14-9-6-10-15-24/h5-20H,3-4H2,1-2H3. The van der Waals surface area contributed by atoms with Crippen molar-refractivity contribution in [2.75, 3.05) is 0 Å². The molecule has 0 radical (unpaired) electrons. The van der Waals surface area contributed by atoms with E-state index in [0.717, 1.165) is 35.3 Å². The molecule has 0 aliphatic rings. The summed E-state index contributed by atoms with van der Waals surface area (Å²) in [5, 5.41) is 0. The SMILES string of the molecule is CCc1cccc(CC)c1-n1c(-c2ccccc2)nc2cc(-c3ccccc3)ccc21. The summed E-state index contributed by atoms with van der Waals surface area (Å²) < 4.78 is 2.37. The molecule has 0 aliphatic heterocycles. The maximum atomic E-state index is 5.16. The van der Waals surface area contributed by atoms with Gasteiger partial charge in [-0.05, 0) is 47.2 Å². The lowest BCUT2D eigenvalue weighted by molar-refractivity contribution is 0.987. The molecule has 0 unspecified atom stereocenters. The Morgan fingerprint density at radius 2 is 1.23 bits per heavy atom. The Hall–Kier alpha value is -3.65. The molecule has 5 rings (SSSR count). The summed E-state index contributed by atoms with van der Waals surface area (Å²) in [5.41, 5.74) is 9.68. The highest BCUT2D eigenvalue weighted by Gasteiger charge is 2.19. The summed E-state index contributed by atoms with van der Waals surface area (Å²) in [5.74, 6) is 0.997. The minimum atomic E-state index is 0.985. The first-order valence-electron chi connectivity index (χ1n) is 11.0. The zero-order chi connectivity index (χ0) is 21.2. The largest absolute Gasteiger partial charge is 0.292 e. The predicted molar refractivity (Wildman–Crippen MR) is 131 cm³/mol. The van der Waals surface area contributed by atoms with Crippen molar-refractivity contribution in [3.05, 3.63) is 108 Å². The number of nitrogens with zero attached hydrogens (tertiary/aromatic N) is 2. The van der Waals surface area contributed by atoms with Crippen molar-refractivity contribution >= 4 is 11.0 Å². The minimum Gasteiger partial charge on any atom is -0.292 e. The normalized spacial score (nSPS) is 11.2. The van der Waals surface area contributed by atoms with Gasteiger partial charge in [-0.2, -0.15) is 0 Å².